The van der Waals surface area contributed by atoms with Gasteiger partial charge in [-0.2, -0.15) is 0 Å². The minimum absolute atomic E-state index is 0.0489. The lowest BCUT2D eigenvalue weighted by Crippen LogP contribution is -2.33. The van der Waals surface area contributed by atoms with Gasteiger partial charge >= 0.3 is 0 Å². The first-order valence-electron chi connectivity index (χ1n) is 9.47. The molecule has 0 fully saturated rings. The second-order valence-electron chi connectivity index (χ2n) is 6.69. The fourth-order valence-corrected chi connectivity index (χ4v) is 4.20. The summed E-state index contributed by atoms with van der Waals surface area (Å²) in [6, 6.07) is 15.6. The van der Waals surface area contributed by atoms with Crippen molar-refractivity contribution < 1.29 is 9.53 Å². The third-order valence-corrected chi connectivity index (χ3v) is 5.71. The van der Waals surface area contributed by atoms with Crippen LogP contribution in [0, 0.1) is 0 Å². The molecule has 0 aliphatic carbocycles. The highest BCUT2D eigenvalue weighted by Crippen LogP contribution is 2.32. The number of hydrogen-bond donors (Lipinski definition) is 0. The van der Waals surface area contributed by atoms with Crippen LogP contribution in [-0.2, 0) is 17.8 Å². The van der Waals surface area contributed by atoms with Crippen LogP contribution in [0.5, 0.6) is 5.75 Å². The molecular formula is C22H22N4O2S. The summed E-state index contributed by atoms with van der Waals surface area (Å²) in [6.07, 6.45) is 6.65. The van der Waals surface area contributed by atoms with E-state index in [0.29, 0.717) is 13.0 Å². The Kier molecular flexibility index (Phi) is 5.86. The third kappa shape index (κ3) is 4.63. The van der Waals surface area contributed by atoms with Gasteiger partial charge in [-0.15, -0.1) is 0 Å². The zero-order valence-corrected chi connectivity index (χ0v) is 17.0. The number of thiazole rings is 1. The minimum atomic E-state index is 0.0489. The van der Waals surface area contributed by atoms with Crippen LogP contribution in [0.1, 0.15) is 12.0 Å². The molecule has 148 valence electrons. The van der Waals surface area contributed by atoms with E-state index in [1.165, 1.54) is 11.3 Å². The lowest BCUT2D eigenvalue weighted by molar-refractivity contribution is -0.118. The molecule has 0 radical (unpaired) electrons. The largest absolute Gasteiger partial charge is 0.497 e. The van der Waals surface area contributed by atoms with Gasteiger partial charge in [0.2, 0.25) is 5.91 Å². The van der Waals surface area contributed by atoms with Gasteiger partial charge in [-0.25, -0.2) is 9.97 Å². The molecule has 7 heteroatoms. The maximum absolute atomic E-state index is 13.2. The summed E-state index contributed by atoms with van der Waals surface area (Å²) in [4.78, 5) is 23.8. The fourth-order valence-electron chi connectivity index (χ4n) is 3.16. The van der Waals surface area contributed by atoms with Crippen molar-refractivity contribution in [2.75, 3.05) is 18.6 Å². The molecule has 0 atom stereocenters. The molecule has 6 nitrogen and oxygen atoms in total. The summed E-state index contributed by atoms with van der Waals surface area (Å²) >= 11 is 1.52. The fraction of sp³-hybridized carbons (Fsp3) is 0.227. The molecular weight excluding hydrogens is 384 g/mol. The van der Waals surface area contributed by atoms with Crippen LogP contribution in [0.2, 0.25) is 0 Å². The van der Waals surface area contributed by atoms with Gasteiger partial charge in [0.05, 0.1) is 30.1 Å². The van der Waals surface area contributed by atoms with Crippen LogP contribution in [0.15, 0.2) is 67.3 Å². The molecule has 0 saturated heterocycles. The average molecular weight is 407 g/mol. The monoisotopic (exact) mass is 406 g/mol. The van der Waals surface area contributed by atoms with Gasteiger partial charge in [-0.1, -0.05) is 41.7 Å². The van der Waals surface area contributed by atoms with Crippen molar-refractivity contribution in [3.63, 3.8) is 0 Å². The number of aryl methyl sites for hydroxylation is 1. The Hall–Kier alpha value is -3.19. The second-order valence-corrected chi connectivity index (χ2v) is 7.70. The van der Waals surface area contributed by atoms with Gasteiger partial charge in [0.15, 0.2) is 5.13 Å². The van der Waals surface area contributed by atoms with E-state index in [9.17, 15) is 4.79 Å². The normalized spacial score (nSPS) is 10.9. The Labute approximate surface area is 173 Å². The van der Waals surface area contributed by atoms with E-state index in [0.717, 1.165) is 39.6 Å². The van der Waals surface area contributed by atoms with Crippen LogP contribution in [-0.4, -0.2) is 34.1 Å². The van der Waals surface area contributed by atoms with Crippen molar-refractivity contribution in [2.24, 2.45) is 0 Å². The Morgan fingerprint density at radius 3 is 2.83 bits per heavy atom. The quantitative estimate of drug-likeness (QED) is 0.441. The molecule has 0 N–H and O–H groups in total. The average Bonchev–Trinajstić information content (AvgIpc) is 3.40. The Balaban J connectivity index is 1.57. The van der Waals surface area contributed by atoms with Crippen molar-refractivity contribution >= 4 is 32.6 Å². The number of methoxy groups -OCH3 is 1. The molecule has 1 amide bonds. The van der Waals surface area contributed by atoms with Crippen molar-refractivity contribution in [3.05, 3.63) is 72.8 Å². The summed E-state index contributed by atoms with van der Waals surface area (Å²) in [6.45, 7) is 1.40. The van der Waals surface area contributed by atoms with E-state index in [1.54, 1.807) is 24.5 Å². The van der Waals surface area contributed by atoms with E-state index >= 15 is 0 Å². The summed E-state index contributed by atoms with van der Waals surface area (Å²) in [5.74, 6) is 0.836. The lowest BCUT2D eigenvalue weighted by atomic mass is 10.1. The zero-order chi connectivity index (χ0) is 20.1. The predicted octanol–water partition coefficient (Wildman–Crippen LogP) is 4.17. The van der Waals surface area contributed by atoms with Gasteiger partial charge in [-0.3, -0.25) is 9.69 Å². The van der Waals surface area contributed by atoms with Crippen LogP contribution in [0.3, 0.4) is 0 Å². The first-order chi connectivity index (χ1) is 14.2. The number of carbonyl (C=O) groups is 1. The predicted molar refractivity (Wildman–Crippen MR) is 116 cm³/mol. The van der Waals surface area contributed by atoms with Crippen molar-refractivity contribution in [1.82, 2.24) is 14.5 Å². The summed E-state index contributed by atoms with van der Waals surface area (Å²) in [5, 5.41) is 0.722. The molecule has 2 heterocycles. The van der Waals surface area contributed by atoms with E-state index < -0.39 is 0 Å². The van der Waals surface area contributed by atoms with E-state index in [2.05, 4.69) is 4.98 Å². The summed E-state index contributed by atoms with van der Waals surface area (Å²) in [7, 11) is 1.65. The number of carbonyl (C=O) groups excluding carboxylic acids is 1. The molecule has 0 saturated carbocycles. The molecule has 0 spiro atoms. The first-order valence-corrected chi connectivity index (χ1v) is 10.3. The standard InChI is InChI=1S/C22H22N4O2S/c1-28-18-8-9-19-20(15-18)29-22(24-19)26(12-5-11-25-13-10-23-16-25)21(27)14-17-6-3-2-4-7-17/h2-4,6-10,13,15-16H,5,11-12,14H2,1H3. The maximum Gasteiger partial charge on any atom is 0.233 e. The topological polar surface area (TPSA) is 60.2 Å². The molecule has 4 aromatic rings. The number of ether oxygens (including phenoxy) is 1. The number of amides is 1. The van der Waals surface area contributed by atoms with Gasteiger partial charge in [-0.05, 0) is 30.2 Å². The molecule has 0 unspecified atom stereocenters. The van der Waals surface area contributed by atoms with Crippen molar-refractivity contribution in [1.29, 1.82) is 0 Å². The van der Waals surface area contributed by atoms with Crippen molar-refractivity contribution in [3.8, 4) is 5.75 Å². The Morgan fingerprint density at radius 2 is 2.07 bits per heavy atom. The van der Waals surface area contributed by atoms with Crippen LogP contribution >= 0.6 is 11.3 Å². The summed E-state index contributed by atoms with van der Waals surface area (Å²) < 4.78 is 8.34. The van der Waals surface area contributed by atoms with Gasteiger partial charge < -0.3 is 9.30 Å². The number of rotatable bonds is 8. The summed E-state index contributed by atoms with van der Waals surface area (Å²) in [5.41, 5.74) is 1.87. The van der Waals surface area contributed by atoms with E-state index in [1.807, 2.05) is 59.3 Å². The molecule has 2 aromatic heterocycles. The van der Waals surface area contributed by atoms with Gasteiger partial charge in [0, 0.05) is 25.5 Å². The molecule has 29 heavy (non-hydrogen) atoms. The number of fused-ring (bicyclic) bond motifs is 1. The van der Waals surface area contributed by atoms with Gasteiger partial charge in [0.25, 0.3) is 0 Å². The molecule has 0 aliphatic rings. The SMILES string of the molecule is COc1ccc2nc(N(CCCn3ccnc3)C(=O)Cc3ccccc3)sc2c1. The number of imidazole rings is 1. The number of hydrogen-bond acceptors (Lipinski definition) is 5. The maximum atomic E-state index is 13.2. The van der Waals surface area contributed by atoms with Crippen LogP contribution in [0.4, 0.5) is 5.13 Å². The highest BCUT2D eigenvalue weighted by Gasteiger charge is 2.20. The highest BCUT2D eigenvalue weighted by molar-refractivity contribution is 7.22. The van der Waals surface area contributed by atoms with E-state index in [-0.39, 0.29) is 5.91 Å². The highest BCUT2D eigenvalue weighted by atomic mass is 32.1. The van der Waals surface area contributed by atoms with Crippen LogP contribution in [0.25, 0.3) is 10.2 Å². The number of anilines is 1. The molecule has 0 bridgehead atoms. The Morgan fingerprint density at radius 1 is 1.21 bits per heavy atom. The molecule has 4 rings (SSSR count). The lowest BCUT2D eigenvalue weighted by Gasteiger charge is -2.20. The Bertz CT molecular complexity index is 1080. The number of nitrogens with zero attached hydrogens (tertiary/aromatic N) is 4. The van der Waals surface area contributed by atoms with Crippen molar-refractivity contribution in [2.45, 2.75) is 19.4 Å². The minimum Gasteiger partial charge on any atom is -0.497 e. The third-order valence-electron chi connectivity index (χ3n) is 4.67. The van der Waals surface area contributed by atoms with Gasteiger partial charge in [0.1, 0.15) is 5.75 Å². The second kappa shape index (κ2) is 8.87. The zero-order valence-electron chi connectivity index (χ0n) is 16.2. The van der Waals surface area contributed by atoms with Crippen LogP contribution < -0.4 is 9.64 Å². The smallest absolute Gasteiger partial charge is 0.233 e. The van der Waals surface area contributed by atoms with E-state index in [4.69, 9.17) is 9.72 Å². The number of aromatic nitrogens is 3. The molecule has 2 aromatic carbocycles. The molecule has 0 aliphatic heterocycles. The number of benzene rings is 2. The first kappa shape index (κ1) is 19.1.